The molecule has 0 aliphatic carbocycles. The van der Waals surface area contributed by atoms with Gasteiger partial charge in [-0.2, -0.15) is 5.10 Å². The molecule has 17 heavy (non-hydrogen) atoms. The number of aromatic nitrogens is 2. The van der Waals surface area contributed by atoms with Crippen LogP contribution in [0.4, 0.5) is 0 Å². The maximum atomic E-state index is 12.0. The van der Waals surface area contributed by atoms with Crippen LogP contribution in [0.25, 0.3) is 0 Å². The van der Waals surface area contributed by atoms with Crippen LogP contribution in [0.1, 0.15) is 16.1 Å². The van der Waals surface area contributed by atoms with Gasteiger partial charge >= 0.3 is 0 Å². The van der Waals surface area contributed by atoms with Gasteiger partial charge in [-0.15, -0.1) is 0 Å². The van der Waals surface area contributed by atoms with Gasteiger partial charge in [0.15, 0.2) is 5.78 Å². The summed E-state index contributed by atoms with van der Waals surface area (Å²) in [6, 6.07) is 6.66. The van der Waals surface area contributed by atoms with E-state index in [9.17, 15) is 4.79 Å². The molecule has 0 saturated carbocycles. The Morgan fingerprint density at radius 3 is 2.71 bits per heavy atom. The van der Waals surface area contributed by atoms with Crippen molar-refractivity contribution in [2.24, 2.45) is 7.05 Å². The van der Waals surface area contributed by atoms with Crippen molar-refractivity contribution in [1.29, 1.82) is 0 Å². The SMILES string of the molecule is Cn1ccc(CC(=O)c2ccc(Cl)cc2Cl)n1. The molecule has 0 N–H and O–H groups in total. The number of carbonyl (C=O) groups is 1. The normalized spacial score (nSPS) is 10.5. The van der Waals surface area contributed by atoms with Crippen molar-refractivity contribution in [2.75, 3.05) is 0 Å². The molecule has 2 aromatic rings. The summed E-state index contributed by atoms with van der Waals surface area (Å²) in [5.41, 5.74) is 1.20. The van der Waals surface area contributed by atoms with Crippen molar-refractivity contribution in [1.82, 2.24) is 9.78 Å². The van der Waals surface area contributed by atoms with E-state index in [1.807, 2.05) is 13.1 Å². The Morgan fingerprint density at radius 1 is 1.35 bits per heavy atom. The summed E-state index contributed by atoms with van der Waals surface area (Å²) in [5, 5.41) is 5.04. The summed E-state index contributed by atoms with van der Waals surface area (Å²) < 4.78 is 1.66. The van der Waals surface area contributed by atoms with Crippen LogP contribution >= 0.6 is 23.2 Å². The Labute approximate surface area is 109 Å². The first kappa shape index (κ1) is 12.1. The molecule has 1 aromatic carbocycles. The molecule has 3 nitrogen and oxygen atoms in total. The van der Waals surface area contributed by atoms with Crippen LogP contribution in [0.3, 0.4) is 0 Å². The summed E-state index contributed by atoms with van der Waals surface area (Å²) in [7, 11) is 1.81. The highest BCUT2D eigenvalue weighted by Crippen LogP contribution is 2.22. The highest BCUT2D eigenvalue weighted by molar-refractivity contribution is 6.36. The van der Waals surface area contributed by atoms with E-state index >= 15 is 0 Å². The summed E-state index contributed by atoms with van der Waals surface area (Å²) in [6.45, 7) is 0. The Bertz CT molecular complexity index is 563. The lowest BCUT2D eigenvalue weighted by Crippen LogP contribution is -2.05. The van der Waals surface area contributed by atoms with Gasteiger partial charge in [-0.3, -0.25) is 9.48 Å². The van der Waals surface area contributed by atoms with Crippen molar-refractivity contribution < 1.29 is 4.79 Å². The van der Waals surface area contributed by atoms with Crippen LogP contribution in [0.2, 0.25) is 10.0 Å². The molecule has 0 fully saturated rings. The maximum absolute atomic E-state index is 12.0. The van der Waals surface area contributed by atoms with Crippen LogP contribution < -0.4 is 0 Å². The smallest absolute Gasteiger partial charge is 0.170 e. The maximum Gasteiger partial charge on any atom is 0.170 e. The zero-order valence-corrected chi connectivity index (χ0v) is 10.7. The molecule has 0 amide bonds. The lowest BCUT2D eigenvalue weighted by atomic mass is 10.1. The van der Waals surface area contributed by atoms with Crippen molar-refractivity contribution >= 4 is 29.0 Å². The monoisotopic (exact) mass is 268 g/mol. The second-order valence-electron chi connectivity index (χ2n) is 3.70. The molecule has 1 aromatic heterocycles. The van der Waals surface area contributed by atoms with Gasteiger partial charge in [0.25, 0.3) is 0 Å². The summed E-state index contributed by atoms with van der Waals surface area (Å²) in [5.74, 6) is -0.0645. The standard InChI is InChI=1S/C12H10Cl2N2O/c1-16-5-4-9(15-16)7-12(17)10-3-2-8(13)6-11(10)14/h2-6H,7H2,1H3. The largest absolute Gasteiger partial charge is 0.294 e. The van der Waals surface area contributed by atoms with Gasteiger partial charge in [0.1, 0.15) is 0 Å². The van der Waals surface area contributed by atoms with Crippen LogP contribution in [0.5, 0.6) is 0 Å². The van der Waals surface area contributed by atoms with E-state index in [0.717, 1.165) is 5.69 Å². The molecule has 0 atom stereocenters. The summed E-state index contributed by atoms with van der Waals surface area (Å²) >= 11 is 11.7. The highest BCUT2D eigenvalue weighted by atomic mass is 35.5. The van der Waals surface area contributed by atoms with E-state index in [0.29, 0.717) is 15.6 Å². The number of halogens is 2. The molecular formula is C12H10Cl2N2O. The summed E-state index contributed by atoms with van der Waals surface area (Å²) in [4.78, 5) is 12.0. The first-order chi connectivity index (χ1) is 8.06. The van der Waals surface area contributed by atoms with Crippen LogP contribution in [-0.4, -0.2) is 15.6 Å². The molecule has 0 aliphatic heterocycles. The topological polar surface area (TPSA) is 34.9 Å². The average molecular weight is 269 g/mol. The lowest BCUT2D eigenvalue weighted by Gasteiger charge is -2.02. The number of hydrogen-bond acceptors (Lipinski definition) is 2. The fourth-order valence-electron chi connectivity index (χ4n) is 1.53. The second kappa shape index (κ2) is 4.90. The van der Waals surface area contributed by atoms with E-state index in [1.165, 1.54) is 0 Å². The molecule has 0 radical (unpaired) electrons. The predicted octanol–water partition coefficient (Wildman–Crippen LogP) is 3.15. The molecule has 5 heteroatoms. The number of aryl methyl sites for hydroxylation is 1. The number of nitrogens with zero attached hydrogens (tertiary/aromatic N) is 2. The number of Topliss-reactive ketones (excluding diaryl/α,β-unsaturated/α-hetero) is 1. The zero-order valence-electron chi connectivity index (χ0n) is 9.15. The van der Waals surface area contributed by atoms with Crippen molar-refractivity contribution in [2.45, 2.75) is 6.42 Å². The Morgan fingerprint density at radius 2 is 2.12 bits per heavy atom. The minimum absolute atomic E-state index is 0.0645. The quantitative estimate of drug-likeness (QED) is 0.802. The third kappa shape index (κ3) is 2.87. The molecule has 1 heterocycles. The first-order valence-electron chi connectivity index (χ1n) is 5.03. The van der Waals surface area contributed by atoms with E-state index < -0.39 is 0 Å². The number of rotatable bonds is 3. The fraction of sp³-hybridized carbons (Fsp3) is 0.167. The second-order valence-corrected chi connectivity index (χ2v) is 4.55. The van der Waals surface area contributed by atoms with Crippen molar-refractivity contribution in [3.05, 3.63) is 51.8 Å². The highest BCUT2D eigenvalue weighted by Gasteiger charge is 2.12. The van der Waals surface area contributed by atoms with Gasteiger partial charge < -0.3 is 0 Å². The minimum Gasteiger partial charge on any atom is -0.294 e. The van der Waals surface area contributed by atoms with E-state index in [-0.39, 0.29) is 12.2 Å². The minimum atomic E-state index is -0.0645. The van der Waals surface area contributed by atoms with Gasteiger partial charge in [-0.1, -0.05) is 23.2 Å². The third-order valence-electron chi connectivity index (χ3n) is 2.34. The molecule has 0 spiro atoms. The Kier molecular flexibility index (Phi) is 3.50. The number of ketones is 1. The third-order valence-corrected chi connectivity index (χ3v) is 2.89. The van der Waals surface area contributed by atoms with Gasteiger partial charge in [0.2, 0.25) is 0 Å². The fourth-order valence-corrected chi connectivity index (χ4v) is 2.05. The van der Waals surface area contributed by atoms with Gasteiger partial charge in [0, 0.05) is 23.8 Å². The van der Waals surface area contributed by atoms with Gasteiger partial charge in [-0.05, 0) is 24.3 Å². The van der Waals surface area contributed by atoms with Crippen molar-refractivity contribution in [3.63, 3.8) is 0 Å². The molecule has 88 valence electrons. The van der Waals surface area contributed by atoms with Crippen LogP contribution in [-0.2, 0) is 13.5 Å². The number of benzene rings is 1. The molecule has 0 aliphatic rings. The Balaban J connectivity index is 2.20. The molecular weight excluding hydrogens is 259 g/mol. The van der Waals surface area contributed by atoms with Crippen molar-refractivity contribution in [3.8, 4) is 0 Å². The first-order valence-corrected chi connectivity index (χ1v) is 5.78. The van der Waals surface area contributed by atoms with Crippen LogP contribution in [0, 0.1) is 0 Å². The number of carbonyl (C=O) groups excluding carboxylic acids is 1. The van der Waals surface area contributed by atoms with E-state index in [4.69, 9.17) is 23.2 Å². The van der Waals surface area contributed by atoms with Gasteiger partial charge in [-0.25, -0.2) is 0 Å². The molecule has 0 bridgehead atoms. The Hall–Kier alpha value is -1.32. The van der Waals surface area contributed by atoms with Crippen LogP contribution in [0.15, 0.2) is 30.5 Å². The van der Waals surface area contributed by atoms with E-state index in [1.54, 1.807) is 29.1 Å². The zero-order chi connectivity index (χ0) is 12.4. The number of hydrogen-bond donors (Lipinski definition) is 0. The van der Waals surface area contributed by atoms with Gasteiger partial charge in [0.05, 0.1) is 17.1 Å². The van der Waals surface area contributed by atoms with E-state index in [2.05, 4.69) is 5.10 Å². The molecule has 2 rings (SSSR count). The predicted molar refractivity (Wildman–Crippen MR) is 67.7 cm³/mol. The molecule has 0 unspecified atom stereocenters. The molecule has 0 saturated heterocycles. The lowest BCUT2D eigenvalue weighted by molar-refractivity contribution is 0.0992. The summed E-state index contributed by atoms with van der Waals surface area (Å²) in [6.07, 6.45) is 2.04. The average Bonchev–Trinajstić information content (AvgIpc) is 2.63.